The first-order valence-corrected chi connectivity index (χ1v) is 8.50. The lowest BCUT2D eigenvalue weighted by atomic mass is 10.1. The average Bonchev–Trinajstić information content (AvgIpc) is 2.41. The molecule has 0 aromatic carbocycles. The number of rotatable bonds is 5. The van der Waals surface area contributed by atoms with Gasteiger partial charge in [-0.25, -0.2) is 4.79 Å². The molecule has 3 N–H and O–H groups in total. The summed E-state index contributed by atoms with van der Waals surface area (Å²) in [6, 6.07) is 1.48. The Morgan fingerprint density at radius 3 is 2.56 bits per heavy atom. The molecule has 0 atom stereocenters. The Hall–Kier alpha value is -2.46. The lowest BCUT2D eigenvalue weighted by Gasteiger charge is -2.44. The quantitative estimate of drug-likeness (QED) is 0.797. The second-order valence-electron chi connectivity index (χ2n) is 7.41. The highest BCUT2D eigenvalue weighted by atomic mass is 19.4. The third-order valence-electron chi connectivity index (χ3n) is 3.86. The van der Waals surface area contributed by atoms with Crippen molar-refractivity contribution < 1.29 is 22.7 Å². The Balaban J connectivity index is 1.92. The number of nitrogens with one attached hydrogen (secondary N) is 1. The average molecular weight is 390 g/mol. The summed E-state index contributed by atoms with van der Waals surface area (Å²) >= 11 is 0. The van der Waals surface area contributed by atoms with E-state index in [1.165, 1.54) is 11.0 Å². The van der Waals surface area contributed by atoms with E-state index in [2.05, 4.69) is 15.3 Å². The first kappa shape index (κ1) is 20.8. The van der Waals surface area contributed by atoms with Crippen LogP contribution < -0.4 is 16.0 Å². The Kier molecular flexibility index (Phi) is 5.91. The number of hydrogen-bond acceptors (Lipinski definition) is 7. The van der Waals surface area contributed by atoms with E-state index in [9.17, 15) is 18.0 Å². The van der Waals surface area contributed by atoms with Gasteiger partial charge in [-0.3, -0.25) is 0 Å². The first-order chi connectivity index (χ1) is 12.3. The van der Waals surface area contributed by atoms with E-state index in [0.717, 1.165) is 0 Å². The SMILES string of the molecule is CN(C(=O)OC(C)(C)C)C1CN(c2cc(NCCC(F)(F)F)nc(N)n2)C1. The highest BCUT2D eigenvalue weighted by molar-refractivity contribution is 5.69. The van der Waals surface area contributed by atoms with Gasteiger partial charge in [-0.2, -0.15) is 23.1 Å². The predicted molar refractivity (Wildman–Crippen MR) is 95.6 cm³/mol. The minimum Gasteiger partial charge on any atom is -0.444 e. The van der Waals surface area contributed by atoms with Gasteiger partial charge in [0.2, 0.25) is 5.95 Å². The Labute approximate surface area is 155 Å². The highest BCUT2D eigenvalue weighted by Gasteiger charge is 2.35. The molecule has 2 rings (SSSR count). The maximum Gasteiger partial charge on any atom is 0.410 e. The van der Waals surface area contributed by atoms with Gasteiger partial charge in [-0.1, -0.05) is 0 Å². The molecule has 1 aliphatic heterocycles. The Morgan fingerprint density at radius 2 is 2.00 bits per heavy atom. The fraction of sp³-hybridized carbons (Fsp3) is 0.688. The molecule has 1 aromatic heterocycles. The van der Waals surface area contributed by atoms with Gasteiger partial charge in [0.1, 0.15) is 17.2 Å². The molecule has 1 aliphatic rings. The first-order valence-electron chi connectivity index (χ1n) is 8.50. The van der Waals surface area contributed by atoms with Crippen molar-refractivity contribution in [3.63, 3.8) is 0 Å². The van der Waals surface area contributed by atoms with Gasteiger partial charge in [0, 0.05) is 32.7 Å². The van der Waals surface area contributed by atoms with Crippen LogP contribution in [0.3, 0.4) is 0 Å². The molecule has 152 valence electrons. The number of amides is 1. The normalized spacial score (nSPS) is 15.3. The number of nitrogens with two attached hydrogens (primary N) is 1. The standard InChI is InChI=1S/C16H25F3N6O2/c1-15(2,3)27-14(26)24(4)10-8-25(9-10)12-7-11(22-13(20)23-12)21-6-5-16(17,18)19/h7,10H,5-6,8-9H2,1-4H3,(H3,20,21,22,23). The van der Waals surface area contributed by atoms with Crippen molar-refractivity contribution in [1.29, 1.82) is 0 Å². The summed E-state index contributed by atoms with van der Waals surface area (Å²) in [5, 5.41) is 2.60. The van der Waals surface area contributed by atoms with Crippen molar-refractivity contribution in [2.75, 3.05) is 42.6 Å². The van der Waals surface area contributed by atoms with Crippen LogP contribution in [0.25, 0.3) is 0 Å². The van der Waals surface area contributed by atoms with Crippen molar-refractivity contribution >= 4 is 23.7 Å². The third kappa shape index (κ3) is 6.33. The molecular weight excluding hydrogens is 365 g/mol. The van der Waals surface area contributed by atoms with Gasteiger partial charge in [0.05, 0.1) is 12.5 Å². The molecule has 11 heteroatoms. The molecule has 0 saturated carbocycles. The predicted octanol–water partition coefficient (Wildman–Crippen LogP) is 2.48. The summed E-state index contributed by atoms with van der Waals surface area (Å²) in [5.41, 5.74) is 5.07. The van der Waals surface area contributed by atoms with Crippen LogP contribution in [0.4, 0.5) is 35.5 Å². The van der Waals surface area contributed by atoms with Gasteiger partial charge in [-0.05, 0) is 20.8 Å². The monoisotopic (exact) mass is 390 g/mol. The molecule has 0 unspecified atom stereocenters. The van der Waals surface area contributed by atoms with E-state index in [-0.39, 0.29) is 24.4 Å². The summed E-state index contributed by atoms with van der Waals surface area (Å²) in [5.74, 6) is 0.683. The Bertz CT molecular complexity index is 671. The van der Waals surface area contributed by atoms with E-state index < -0.39 is 24.3 Å². The molecule has 0 radical (unpaired) electrons. The zero-order chi connectivity index (χ0) is 20.4. The minimum absolute atomic E-state index is 0.0362. The largest absolute Gasteiger partial charge is 0.444 e. The van der Waals surface area contributed by atoms with Gasteiger partial charge >= 0.3 is 12.3 Å². The van der Waals surface area contributed by atoms with Crippen LogP contribution in [-0.2, 0) is 4.74 Å². The topological polar surface area (TPSA) is 96.6 Å². The van der Waals surface area contributed by atoms with Gasteiger partial charge in [-0.15, -0.1) is 0 Å². The fourth-order valence-corrected chi connectivity index (χ4v) is 2.41. The van der Waals surface area contributed by atoms with Crippen LogP contribution >= 0.6 is 0 Å². The van der Waals surface area contributed by atoms with Gasteiger partial charge in [0.25, 0.3) is 0 Å². The van der Waals surface area contributed by atoms with Gasteiger partial charge in [0.15, 0.2) is 0 Å². The molecule has 27 heavy (non-hydrogen) atoms. The van der Waals surface area contributed by atoms with E-state index in [1.807, 2.05) is 4.90 Å². The molecule has 8 nitrogen and oxygen atoms in total. The van der Waals surface area contributed by atoms with E-state index in [4.69, 9.17) is 10.5 Å². The van der Waals surface area contributed by atoms with E-state index >= 15 is 0 Å². The lowest BCUT2D eigenvalue weighted by molar-refractivity contribution is -0.131. The number of halogens is 3. The molecule has 1 saturated heterocycles. The van der Waals surface area contributed by atoms with Crippen molar-refractivity contribution in [2.45, 2.75) is 45.0 Å². The number of anilines is 3. The van der Waals surface area contributed by atoms with Crippen LogP contribution in [-0.4, -0.2) is 65.5 Å². The maximum absolute atomic E-state index is 12.2. The van der Waals surface area contributed by atoms with Crippen LogP contribution in [0.1, 0.15) is 27.2 Å². The van der Waals surface area contributed by atoms with Crippen molar-refractivity contribution in [3.8, 4) is 0 Å². The number of nitrogen functional groups attached to an aromatic ring is 1. The molecule has 1 amide bonds. The second-order valence-corrected chi connectivity index (χ2v) is 7.41. The summed E-state index contributed by atoms with van der Waals surface area (Å²) in [6.45, 7) is 6.10. The molecular formula is C16H25F3N6O2. The van der Waals surface area contributed by atoms with Crippen LogP contribution in [0.15, 0.2) is 6.07 Å². The maximum atomic E-state index is 12.2. The summed E-state index contributed by atoms with van der Waals surface area (Å²) in [4.78, 5) is 23.5. The number of likely N-dealkylation sites (N-methyl/N-ethyl adjacent to an activating group) is 1. The molecule has 2 heterocycles. The van der Waals surface area contributed by atoms with Crippen molar-refractivity contribution in [1.82, 2.24) is 14.9 Å². The minimum atomic E-state index is -4.24. The molecule has 0 aliphatic carbocycles. The number of carbonyl (C=O) groups excluding carboxylic acids is 1. The Morgan fingerprint density at radius 1 is 1.37 bits per heavy atom. The van der Waals surface area contributed by atoms with E-state index in [1.54, 1.807) is 27.8 Å². The van der Waals surface area contributed by atoms with Gasteiger partial charge < -0.3 is 25.6 Å². The molecule has 0 spiro atoms. The number of nitrogens with zero attached hydrogens (tertiary/aromatic N) is 4. The van der Waals surface area contributed by atoms with Crippen molar-refractivity contribution in [2.24, 2.45) is 0 Å². The fourth-order valence-electron chi connectivity index (χ4n) is 2.41. The van der Waals surface area contributed by atoms with E-state index in [0.29, 0.717) is 18.9 Å². The number of alkyl halides is 3. The number of aromatic nitrogens is 2. The molecule has 0 bridgehead atoms. The zero-order valence-electron chi connectivity index (χ0n) is 15.8. The second kappa shape index (κ2) is 7.65. The summed E-state index contributed by atoms with van der Waals surface area (Å²) < 4.78 is 42.1. The highest BCUT2D eigenvalue weighted by Crippen LogP contribution is 2.25. The summed E-state index contributed by atoms with van der Waals surface area (Å²) in [7, 11) is 1.66. The number of carbonyl (C=O) groups is 1. The van der Waals surface area contributed by atoms with Crippen LogP contribution in [0.5, 0.6) is 0 Å². The number of ether oxygens (including phenoxy) is 1. The molecule has 1 aromatic rings. The van der Waals surface area contributed by atoms with Crippen LogP contribution in [0.2, 0.25) is 0 Å². The lowest BCUT2D eigenvalue weighted by Crippen LogP contribution is -2.60. The molecule has 1 fully saturated rings. The number of hydrogen-bond donors (Lipinski definition) is 2. The zero-order valence-corrected chi connectivity index (χ0v) is 15.8. The third-order valence-corrected chi connectivity index (χ3v) is 3.86. The van der Waals surface area contributed by atoms with Crippen LogP contribution in [0, 0.1) is 0 Å². The smallest absolute Gasteiger partial charge is 0.410 e. The van der Waals surface area contributed by atoms with Crippen molar-refractivity contribution in [3.05, 3.63) is 6.07 Å². The summed E-state index contributed by atoms with van der Waals surface area (Å²) in [6.07, 6.45) is -5.63.